The number of anilines is 1. The molecule has 5 nitrogen and oxygen atoms in total. The number of fused-ring (bicyclic) bond motifs is 1. The van der Waals surface area contributed by atoms with Crippen molar-refractivity contribution in [2.24, 2.45) is 0 Å². The van der Waals surface area contributed by atoms with Crippen molar-refractivity contribution in [1.29, 1.82) is 0 Å². The topological polar surface area (TPSA) is 64.1 Å². The Morgan fingerprint density at radius 1 is 1.32 bits per heavy atom. The van der Waals surface area contributed by atoms with Crippen LogP contribution in [0.3, 0.4) is 0 Å². The van der Waals surface area contributed by atoms with E-state index in [9.17, 15) is 4.79 Å². The average Bonchev–Trinajstić information content (AvgIpc) is 3.00. The number of nitrogens with zero attached hydrogens (tertiary/aromatic N) is 2. The molecule has 0 radical (unpaired) electrons. The Morgan fingerprint density at radius 3 is 2.77 bits per heavy atom. The van der Waals surface area contributed by atoms with Crippen LogP contribution in [-0.2, 0) is 4.79 Å². The molecule has 3 aromatic rings. The fourth-order valence-corrected chi connectivity index (χ4v) is 2.99. The summed E-state index contributed by atoms with van der Waals surface area (Å²) in [7, 11) is 1.61. The minimum atomic E-state index is -0.116. The number of carbonyl (C=O) groups excluding carboxylic acids is 1. The van der Waals surface area contributed by atoms with Gasteiger partial charge in [0.25, 0.3) is 0 Å². The van der Waals surface area contributed by atoms with Crippen LogP contribution in [0.4, 0.5) is 5.69 Å². The molecule has 3 rings (SSSR count). The molecule has 0 bridgehead atoms. The summed E-state index contributed by atoms with van der Waals surface area (Å²) >= 11 is 1.53. The van der Waals surface area contributed by atoms with Gasteiger partial charge in [-0.05, 0) is 30.7 Å². The Kier molecular flexibility index (Phi) is 3.77. The minimum absolute atomic E-state index is 0.116. The number of methoxy groups -OCH3 is 1. The predicted molar refractivity (Wildman–Crippen MR) is 88.4 cm³/mol. The lowest BCUT2D eigenvalue weighted by Crippen LogP contribution is -2.07. The Bertz CT molecular complexity index is 844. The van der Waals surface area contributed by atoms with Crippen LogP contribution >= 0.6 is 11.3 Å². The number of nitrogens with one attached hydrogen (secondary N) is 1. The number of hydrogen-bond donors (Lipinski definition) is 1. The number of thiazole rings is 1. The highest BCUT2D eigenvalue weighted by Crippen LogP contribution is 2.35. The van der Waals surface area contributed by atoms with Gasteiger partial charge in [-0.15, -0.1) is 11.3 Å². The first kappa shape index (κ1) is 14.5. The van der Waals surface area contributed by atoms with Crippen LogP contribution in [0.2, 0.25) is 0 Å². The maximum absolute atomic E-state index is 11.4. The van der Waals surface area contributed by atoms with E-state index in [0.717, 1.165) is 33.5 Å². The van der Waals surface area contributed by atoms with E-state index in [1.165, 1.54) is 18.3 Å². The molecule has 1 aromatic carbocycles. The van der Waals surface area contributed by atoms with Crippen molar-refractivity contribution in [3.8, 4) is 17.1 Å². The molecule has 0 aliphatic carbocycles. The molecule has 0 unspecified atom stereocenters. The Labute approximate surface area is 132 Å². The molecule has 1 N–H and O–H groups in total. The summed E-state index contributed by atoms with van der Waals surface area (Å²) < 4.78 is 5.42. The number of pyridine rings is 1. The fraction of sp³-hybridized carbons (Fsp3) is 0.188. The standard InChI is InChI=1S/C16H15N3O2S/c1-9-6-12(13-7-22-8-17-13)19-16-14(21-3)5-4-11(15(9)16)18-10(2)20/h4-8H,1-3H3,(H,18,20). The van der Waals surface area contributed by atoms with E-state index in [-0.39, 0.29) is 5.91 Å². The second-order valence-electron chi connectivity index (χ2n) is 4.92. The van der Waals surface area contributed by atoms with E-state index in [2.05, 4.69) is 15.3 Å². The van der Waals surface area contributed by atoms with Crippen LogP contribution in [-0.4, -0.2) is 23.0 Å². The molecule has 112 valence electrons. The zero-order valence-electron chi connectivity index (χ0n) is 12.5. The highest BCUT2D eigenvalue weighted by molar-refractivity contribution is 7.07. The lowest BCUT2D eigenvalue weighted by atomic mass is 10.1. The first-order valence-corrected chi connectivity index (χ1v) is 7.69. The molecule has 0 saturated carbocycles. The quantitative estimate of drug-likeness (QED) is 0.802. The zero-order valence-corrected chi connectivity index (χ0v) is 13.3. The third-order valence-corrected chi connectivity index (χ3v) is 3.93. The molecule has 0 spiro atoms. The lowest BCUT2D eigenvalue weighted by molar-refractivity contribution is -0.114. The van der Waals surface area contributed by atoms with Gasteiger partial charge in [-0.25, -0.2) is 9.97 Å². The Morgan fingerprint density at radius 2 is 2.14 bits per heavy atom. The number of amides is 1. The predicted octanol–water partition coefficient (Wildman–Crippen LogP) is 3.63. The van der Waals surface area contributed by atoms with E-state index in [0.29, 0.717) is 5.75 Å². The van der Waals surface area contributed by atoms with Gasteiger partial charge in [0.1, 0.15) is 11.3 Å². The van der Waals surface area contributed by atoms with E-state index >= 15 is 0 Å². The van der Waals surface area contributed by atoms with Gasteiger partial charge in [-0.1, -0.05) is 0 Å². The molecular weight excluding hydrogens is 298 g/mol. The van der Waals surface area contributed by atoms with Gasteiger partial charge in [0.05, 0.1) is 29.7 Å². The maximum Gasteiger partial charge on any atom is 0.221 e. The van der Waals surface area contributed by atoms with Gasteiger partial charge in [0.15, 0.2) is 0 Å². The van der Waals surface area contributed by atoms with Gasteiger partial charge in [0, 0.05) is 17.7 Å². The summed E-state index contributed by atoms with van der Waals surface area (Å²) in [5.74, 6) is 0.554. The van der Waals surface area contributed by atoms with E-state index in [1.807, 2.05) is 30.5 Å². The van der Waals surface area contributed by atoms with Gasteiger partial charge < -0.3 is 10.1 Å². The van der Waals surface area contributed by atoms with Crippen LogP contribution in [0.25, 0.3) is 22.3 Å². The number of carbonyl (C=O) groups is 1. The van der Waals surface area contributed by atoms with Crippen LogP contribution in [0.5, 0.6) is 5.75 Å². The number of aryl methyl sites for hydroxylation is 1. The molecule has 0 fully saturated rings. The molecule has 1 amide bonds. The number of rotatable bonds is 3. The molecule has 0 aliphatic rings. The van der Waals surface area contributed by atoms with Crippen LogP contribution in [0, 0.1) is 6.92 Å². The molecule has 0 atom stereocenters. The van der Waals surface area contributed by atoms with Crippen LogP contribution < -0.4 is 10.1 Å². The van der Waals surface area contributed by atoms with Crippen molar-refractivity contribution in [2.75, 3.05) is 12.4 Å². The van der Waals surface area contributed by atoms with Gasteiger partial charge in [-0.3, -0.25) is 4.79 Å². The summed E-state index contributed by atoms with van der Waals surface area (Å²) in [6.45, 7) is 3.48. The normalized spacial score (nSPS) is 10.7. The fourth-order valence-electron chi connectivity index (χ4n) is 2.44. The molecule has 0 aliphatic heterocycles. The van der Waals surface area contributed by atoms with E-state index in [1.54, 1.807) is 12.6 Å². The van der Waals surface area contributed by atoms with Gasteiger partial charge in [0.2, 0.25) is 5.91 Å². The Hall–Kier alpha value is -2.47. The van der Waals surface area contributed by atoms with Crippen molar-refractivity contribution in [3.63, 3.8) is 0 Å². The van der Waals surface area contributed by atoms with Crippen molar-refractivity contribution in [1.82, 2.24) is 9.97 Å². The summed E-state index contributed by atoms with van der Waals surface area (Å²) in [5, 5.41) is 5.69. The largest absolute Gasteiger partial charge is 0.494 e. The first-order chi connectivity index (χ1) is 10.6. The molecule has 2 aromatic heterocycles. The third-order valence-electron chi connectivity index (χ3n) is 3.35. The summed E-state index contributed by atoms with van der Waals surface area (Å²) in [5.41, 5.74) is 5.87. The number of benzene rings is 1. The number of aromatic nitrogens is 2. The molecule has 6 heteroatoms. The van der Waals surface area contributed by atoms with Crippen LogP contribution in [0.1, 0.15) is 12.5 Å². The highest BCUT2D eigenvalue weighted by Gasteiger charge is 2.14. The smallest absolute Gasteiger partial charge is 0.221 e. The summed E-state index contributed by atoms with van der Waals surface area (Å²) in [6.07, 6.45) is 0. The summed E-state index contributed by atoms with van der Waals surface area (Å²) in [6, 6.07) is 5.62. The monoisotopic (exact) mass is 313 g/mol. The van der Waals surface area contributed by atoms with Crippen molar-refractivity contribution < 1.29 is 9.53 Å². The average molecular weight is 313 g/mol. The molecule has 2 heterocycles. The minimum Gasteiger partial charge on any atom is -0.494 e. The van der Waals surface area contributed by atoms with E-state index in [4.69, 9.17) is 4.74 Å². The number of hydrogen-bond acceptors (Lipinski definition) is 5. The molecule has 0 saturated heterocycles. The van der Waals surface area contributed by atoms with Crippen LogP contribution in [0.15, 0.2) is 29.1 Å². The second kappa shape index (κ2) is 5.73. The molecular formula is C16H15N3O2S. The van der Waals surface area contributed by atoms with Crippen molar-refractivity contribution in [2.45, 2.75) is 13.8 Å². The van der Waals surface area contributed by atoms with Crippen molar-refractivity contribution >= 4 is 33.8 Å². The zero-order chi connectivity index (χ0) is 15.7. The first-order valence-electron chi connectivity index (χ1n) is 6.74. The Balaban J connectivity index is 2.29. The second-order valence-corrected chi connectivity index (χ2v) is 5.64. The van der Waals surface area contributed by atoms with Gasteiger partial charge >= 0.3 is 0 Å². The number of ether oxygens (including phenoxy) is 1. The lowest BCUT2D eigenvalue weighted by Gasteiger charge is -2.13. The summed E-state index contributed by atoms with van der Waals surface area (Å²) in [4.78, 5) is 20.4. The molecule has 22 heavy (non-hydrogen) atoms. The highest BCUT2D eigenvalue weighted by atomic mass is 32.1. The SMILES string of the molecule is COc1ccc(NC(C)=O)c2c(C)cc(-c3cscn3)nc12. The van der Waals surface area contributed by atoms with Crippen molar-refractivity contribution in [3.05, 3.63) is 34.7 Å². The third kappa shape index (κ3) is 2.53. The van der Waals surface area contributed by atoms with Gasteiger partial charge in [-0.2, -0.15) is 0 Å². The van der Waals surface area contributed by atoms with E-state index < -0.39 is 0 Å². The maximum atomic E-state index is 11.4.